The third-order valence-corrected chi connectivity index (χ3v) is 12.9. The highest BCUT2D eigenvalue weighted by Crippen LogP contribution is 2.32. The molecule has 2 heterocycles. The predicted molar refractivity (Wildman–Crippen MR) is 242 cm³/mol. The first kappa shape index (κ1) is 51.3. The summed E-state index contributed by atoms with van der Waals surface area (Å²) in [5.74, 6) is -2.41. The van der Waals surface area contributed by atoms with Gasteiger partial charge in [-0.15, -0.1) is 11.3 Å². The zero-order valence-corrected chi connectivity index (χ0v) is 39.1. The molecule has 0 unspecified atom stereocenters. The molecular weight excluding hydrogens is 795 g/mol. The van der Waals surface area contributed by atoms with E-state index in [9.17, 15) is 29.1 Å². The molecule has 1 aromatic heterocycles. The Balaban J connectivity index is 1.93. The number of anilines is 1. The summed E-state index contributed by atoms with van der Waals surface area (Å²) in [6.45, 7) is 17.3. The van der Waals surface area contributed by atoms with Gasteiger partial charge in [-0.3, -0.25) is 28.9 Å². The largest absolute Gasteiger partial charge is 0.481 e. The molecule has 1 aliphatic heterocycles. The van der Waals surface area contributed by atoms with Crippen LogP contribution >= 0.6 is 11.3 Å². The van der Waals surface area contributed by atoms with Crippen LogP contribution in [0.25, 0.3) is 0 Å². The van der Waals surface area contributed by atoms with Crippen molar-refractivity contribution in [2.24, 2.45) is 23.0 Å². The molecule has 15 heteroatoms. The van der Waals surface area contributed by atoms with E-state index in [1.165, 1.54) is 18.3 Å². The number of carboxylic acids is 1. The molecule has 6 N–H and O–H groups in total. The van der Waals surface area contributed by atoms with Crippen molar-refractivity contribution in [3.8, 4) is 0 Å². The van der Waals surface area contributed by atoms with Crippen LogP contribution in [0.3, 0.4) is 0 Å². The summed E-state index contributed by atoms with van der Waals surface area (Å²) in [6, 6.07) is 5.79. The van der Waals surface area contributed by atoms with Gasteiger partial charge in [0.05, 0.1) is 11.5 Å². The molecule has 3 rings (SSSR count). The maximum absolute atomic E-state index is 14.9. The van der Waals surface area contributed by atoms with Gasteiger partial charge in [-0.05, 0) is 89.1 Å². The van der Waals surface area contributed by atoms with Crippen LogP contribution in [0.4, 0.5) is 5.69 Å². The lowest BCUT2D eigenvalue weighted by atomic mass is 9.84. The fourth-order valence-electron chi connectivity index (χ4n) is 7.98. The van der Waals surface area contributed by atoms with Gasteiger partial charge in [-0.1, -0.05) is 78.9 Å². The summed E-state index contributed by atoms with van der Waals surface area (Å²) < 4.78 is 5.94. The summed E-state index contributed by atoms with van der Waals surface area (Å²) >= 11 is 1.20. The van der Waals surface area contributed by atoms with Crippen LogP contribution in [-0.4, -0.2) is 107 Å². The standard InChI is InChI=1S/C46H75N7O7S/c1-10-12-13-15-25-53(44(57)40(31(5)11-2)51-42(56)37-17-14-16-24-52(37)9)38(30(3)4)27-39(60-32(6)54)43-50-36(29-61-43)41(55)49-35(28-46(7,8)45(58)59)26-33-18-20-34(21-19-33)48-23-22-47/h18-21,29-31,35,37-40,48H,10-17,22-28,47H2,1-9H3,(H,49,55)(H,51,56)(H,58,59)/t31-,35-,37+,38+,39+,40-/m0/s1. The monoisotopic (exact) mass is 870 g/mol. The number of unbranched alkanes of at least 4 members (excludes halogenated alkanes) is 3. The lowest BCUT2D eigenvalue weighted by Crippen LogP contribution is -2.59. The zero-order chi connectivity index (χ0) is 45.3. The van der Waals surface area contributed by atoms with Crippen LogP contribution in [0.2, 0.25) is 0 Å². The fourth-order valence-corrected chi connectivity index (χ4v) is 8.82. The average molecular weight is 870 g/mol. The van der Waals surface area contributed by atoms with Gasteiger partial charge >= 0.3 is 11.9 Å². The second kappa shape index (κ2) is 25.1. The average Bonchev–Trinajstić information content (AvgIpc) is 3.71. The SMILES string of the molecule is CCCCCCN(C(=O)[C@@H](NC(=O)[C@H]1CCCCN1C)[C@@H](C)CC)[C@H](C[C@@H](OC(C)=O)c1nc(C(=O)N[C@@H](Cc2ccc(NCCN)cc2)CC(C)(C)C(=O)O)cs1)C(C)C. The highest BCUT2D eigenvalue weighted by molar-refractivity contribution is 7.09. The van der Waals surface area contributed by atoms with E-state index in [0.717, 1.165) is 62.7 Å². The topological polar surface area (TPSA) is 196 Å². The van der Waals surface area contributed by atoms with Gasteiger partial charge in [-0.25, -0.2) is 4.98 Å². The van der Waals surface area contributed by atoms with E-state index in [1.807, 2.05) is 63.9 Å². The van der Waals surface area contributed by atoms with Crippen molar-refractivity contribution < 1.29 is 33.8 Å². The van der Waals surface area contributed by atoms with Crippen molar-refractivity contribution in [3.63, 3.8) is 0 Å². The van der Waals surface area contributed by atoms with E-state index < -0.39 is 41.4 Å². The third-order valence-electron chi connectivity index (χ3n) is 11.9. The number of likely N-dealkylation sites (N-methyl/N-ethyl adjacent to an activating group) is 1. The molecule has 1 aliphatic rings. The minimum Gasteiger partial charge on any atom is -0.481 e. The Bertz CT molecular complexity index is 1700. The molecule has 2 aromatic rings. The molecular formula is C46H75N7O7S. The van der Waals surface area contributed by atoms with Gasteiger partial charge in [-0.2, -0.15) is 0 Å². The molecule has 61 heavy (non-hydrogen) atoms. The molecule has 0 saturated carbocycles. The number of carboxylic acid groups (broad SMARTS) is 1. The molecule has 3 amide bonds. The van der Waals surface area contributed by atoms with E-state index in [2.05, 4.69) is 27.8 Å². The molecule has 1 saturated heterocycles. The molecule has 1 fully saturated rings. The molecule has 0 spiro atoms. The number of thiazole rings is 1. The van der Waals surface area contributed by atoms with Crippen molar-refractivity contribution in [3.05, 3.63) is 45.9 Å². The molecule has 14 nitrogen and oxygen atoms in total. The third kappa shape index (κ3) is 16.0. The van der Waals surface area contributed by atoms with Crippen LogP contribution in [0, 0.1) is 17.3 Å². The van der Waals surface area contributed by atoms with Gasteiger partial charge in [0.2, 0.25) is 11.8 Å². The lowest BCUT2D eigenvalue weighted by molar-refractivity contribution is -0.150. The van der Waals surface area contributed by atoms with Gasteiger partial charge in [0.15, 0.2) is 6.10 Å². The zero-order valence-electron chi connectivity index (χ0n) is 38.3. The summed E-state index contributed by atoms with van der Waals surface area (Å²) in [4.78, 5) is 76.1. The number of carbonyl (C=O) groups excluding carboxylic acids is 4. The molecule has 0 radical (unpaired) electrons. The predicted octanol–water partition coefficient (Wildman–Crippen LogP) is 6.80. The lowest BCUT2D eigenvalue weighted by Gasteiger charge is -2.40. The van der Waals surface area contributed by atoms with Gasteiger partial charge in [0.25, 0.3) is 5.91 Å². The molecule has 342 valence electrons. The smallest absolute Gasteiger partial charge is 0.309 e. The number of esters is 1. The summed E-state index contributed by atoms with van der Waals surface area (Å²) in [6.07, 6.45) is 7.18. The van der Waals surface area contributed by atoms with E-state index in [-0.39, 0.29) is 54.3 Å². The van der Waals surface area contributed by atoms with Crippen molar-refractivity contribution in [1.82, 2.24) is 25.4 Å². The number of hydrogen-bond acceptors (Lipinski definition) is 11. The number of ether oxygens (including phenoxy) is 1. The second-order valence-electron chi connectivity index (χ2n) is 17.9. The number of hydrogen-bond donors (Lipinski definition) is 5. The van der Waals surface area contributed by atoms with Crippen molar-refractivity contribution in [2.45, 2.75) is 156 Å². The number of likely N-dealkylation sites (tertiary alicyclic amines) is 1. The maximum atomic E-state index is 14.9. The Labute approximate surface area is 368 Å². The number of carbonyl (C=O) groups is 5. The summed E-state index contributed by atoms with van der Waals surface area (Å²) in [7, 11) is 1.96. The van der Waals surface area contributed by atoms with E-state index in [1.54, 1.807) is 19.2 Å². The van der Waals surface area contributed by atoms with E-state index in [0.29, 0.717) is 37.5 Å². The normalized spacial score (nSPS) is 17.1. The minimum atomic E-state index is -1.12. The van der Waals surface area contributed by atoms with Crippen LogP contribution in [0.1, 0.15) is 147 Å². The van der Waals surface area contributed by atoms with Gasteiger partial charge in [0.1, 0.15) is 16.7 Å². The van der Waals surface area contributed by atoms with E-state index in [4.69, 9.17) is 15.5 Å². The molecule has 1 aromatic carbocycles. The van der Waals surface area contributed by atoms with Crippen LogP contribution in [0.5, 0.6) is 0 Å². The first-order valence-corrected chi connectivity index (χ1v) is 23.3. The number of aliphatic carboxylic acids is 1. The van der Waals surface area contributed by atoms with Crippen LogP contribution < -0.4 is 21.7 Å². The van der Waals surface area contributed by atoms with E-state index >= 15 is 0 Å². The van der Waals surface area contributed by atoms with Gasteiger partial charge < -0.3 is 36.4 Å². The molecule has 0 aliphatic carbocycles. The Morgan fingerprint density at radius 1 is 1.05 bits per heavy atom. The van der Waals surface area contributed by atoms with Crippen molar-refractivity contribution in [2.75, 3.05) is 38.5 Å². The molecule has 0 bridgehead atoms. The first-order valence-electron chi connectivity index (χ1n) is 22.4. The van der Waals surface area contributed by atoms with Crippen LogP contribution in [-0.2, 0) is 30.3 Å². The Morgan fingerprint density at radius 3 is 2.34 bits per heavy atom. The minimum absolute atomic E-state index is 0.0578. The number of nitrogens with one attached hydrogen (secondary N) is 3. The number of piperidine rings is 1. The van der Waals surface area contributed by atoms with Crippen molar-refractivity contribution in [1.29, 1.82) is 0 Å². The number of aromatic nitrogens is 1. The first-order chi connectivity index (χ1) is 28.9. The maximum Gasteiger partial charge on any atom is 0.309 e. The highest BCUT2D eigenvalue weighted by atomic mass is 32.1. The second-order valence-corrected chi connectivity index (χ2v) is 18.7. The Kier molecular flexibility index (Phi) is 21.1. The number of benzene rings is 1. The molecule has 6 atom stereocenters. The number of nitrogens with zero attached hydrogens (tertiary/aromatic N) is 3. The Hall–Kier alpha value is -4.08. The number of nitrogens with two attached hydrogens (primary N) is 1. The summed E-state index contributed by atoms with van der Waals surface area (Å²) in [5.41, 5.74) is 6.45. The quantitative estimate of drug-likeness (QED) is 0.0493. The van der Waals surface area contributed by atoms with Gasteiger partial charge in [0, 0.05) is 56.1 Å². The Morgan fingerprint density at radius 2 is 1.75 bits per heavy atom. The number of amides is 3. The number of rotatable bonds is 26. The van der Waals surface area contributed by atoms with Crippen molar-refractivity contribution >= 4 is 46.7 Å². The summed E-state index contributed by atoms with van der Waals surface area (Å²) in [5, 5.41) is 21.5. The van der Waals surface area contributed by atoms with Crippen LogP contribution in [0.15, 0.2) is 29.6 Å². The highest BCUT2D eigenvalue weighted by Gasteiger charge is 2.39. The fraction of sp³-hybridized carbons (Fsp3) is 0.696.